The first kappa shape index (κ1) is 7.33. The van der Waals surface area contributed by atoms with E-state index in [1.165, 1.54) is 0 Å². The van der Waals surface area contributed by atoms with Crippen LogP contribution in [0.15, 0.2) is 0 Å². The van der Waals surface area contributed by atoms with Gasteiger partial charge in [-0.15, -0.1) is 0 Å². The normalized spacial score (nSPS) is 11.7. The van der Waals surface area contributed by atoms with E-state index in [4.69, 9.17) is 0 Å². The Balaban J connectivity index is 3.79. The topological polar surface area (TPSA) is 0 Å². The fourth-order valence-electron chi connectivity index (χ4n) is 0. The first-order valence-electron chi connectivity index (χ1n) is 1.16. The quantitative estimate of drug-likeness (QED) is 0.465. The zero-order valence-corrected chi connectivity index (χ0v) is 4.98. The van der Waals surface area contributed by atoms with Crippen molar-refractivity contribution in [2.45, 2.75) is 6.18 Å². The monoisotopic (exact) mass is 297 g/mol. The Hall–Kier alpha value is 0.330. The molecule has 0 aliphatic carbocycles. The van der Waals surface area contributed by atoms with Crippen molar-refractivity contribution in [3.63, 3.8) is 0 Å². The Morgan fingerprint density at radius 3 is 1.43 bits per heavy atom. The molecular formula is C2AuF4. The van der Waals surface area contributed by atoms with Crippen molar-refractivity contribution < 1.29 is 38.2 Å². The molecule has 0 aromatic carbocycles. The Kier molecular flexibility index (Phi) is 2.16. The fourth-order valence-corrected chi connectivity index (χ4v) is 0. The van der Waals surface area contributed by atoms with Crippen LogP contribution in [0.4, 0.5) is 17.6 Å². The van der Waals surface area contributed by atoms with Gasteiger partial charge in [0, 0.05) is 0 Å². The van der Waals surface area contributed by atoms with Gasteiger partial charge >= 0.3 is 48.3 Å². The molecule has 0 spiro atoms. The van der Waals surface area contributed by atoms with Gasteiger partial charge in [-0.1, -0.05) is 0 Å². The Morgan fingerprint density at radius 2 is 1.43 bits per heavy atom. The zero-order chi connectivity index (χ0) is 6.08. The van der Waals surface area contributed by atoms with Crippen LogP contribution in [0.25, 0.3) is 0 Å². The third kappa shape index (κ3) is 2.96. The summed E-state index contributed by atoms with van der Waals surface area (Å²) < 4.78 is 41.2. The van der Waals surface area contributed by atoms with Crippen molar-refractivity contribution in [3.05, 3.63) is 0 Å². The van der Waals surface area contributed by atoms with Gasteiger partial charge in [-0.05, 0) is 0 Å². The summed E-state index contributed by atoms with van der Waals surface area (Å²) in [5.41, 5.74) is 0. The van der Waals surface area contributed by atoms with Crippen molar-refractivity contribution in [2.24, 2.45) is 0 Å². The molecule has 0 fully saturated rings. The van der Waals surface area contributed by atoms with Crippen molar-refractivity contribution in [2.75, 3.05) is 0 Å². The van der Waals surface area contributed by atoms with Crippen molar-refractivity contribution >= 4 is 3.98 Å². The molecule has 0 radical (unpaired) electrons. The van der Waals surface area contributed by atoms with Crippen molar-refractivity contribution in [3.8, 4) is 0 Å². The Morgan fingerprint density at radius 1 is 1.29 bits per heavy atom. The average Bonchev–Trinajstić information content (AvgIpc) is 1.31. The van der Waals surface area contributed by atoms with E-state index in [9.17, 15) is 17.6 Å². The van der Waals surface area contributed by atoms with Crippen LogP contribution in [0, 0.1) is 0 Å². The van der Waals surface area contributed by atoms with Gasteiger partial charge in [-0.25, -0.2) is 0 Å². The summed E-state index contributed by atoms with van der Waals surface area (Å²) in [4.78, 5) is 0. The van der Waals surface area contributed by atoms with E-state index < -0.39 is 10.2 Å². The molecule has 47 valence electrons. The van der Waals surface area contributed by atoms with E-state index in [0.29, 0.717) is 0 Å². The average molecular weight is 297 g/mol. The number of rotatable bonds is 0. The summed E-state index contributed by atoms with van der Waals surface area (Å²) in [6, 6.07) is 0. The molecule has 0 unspecified atom stereocenters. The van der Waals surface area contributed by atoms with Crippen LogP contribution in [0.2, 0.25) is 0 Å². The van der Waals surface area contributed by atoms with Crippen LogP contribution < -0.4 is 0 Å². The maximum absolute atomic E-state index is 11.0. The van der Waals surface area contributed by atoms with Crippen LogP contribution >= 0.6 is 0 Å². The fraction of sp³-hybridized carbons (Fsp3) is 0.500. The number of halogens is 4. The molecular weight excluding hydrogens is 297 g/mol. The minimum atomic E-state index is -4.77. The molecule has 0 aromatic rings. The van der Waals surface area contributed by atoms with E-state index in [1.54, 1.807) is 0 Å². The molecule has 5 heteroatoms. The summed E-state index contributed by atoms with van der Waals surface area (Å²) >= 11 is 0.744. The molecule has 0 aliphatic rings. The Bertz CT molecular complexity index is 82.2. The van der Waals surface area contributed by atoms with Crippen LogP contribution in [0.5, 0.6) is 0 Å². The van der Waals surface area contributed by atoms with Gasteiger partial charge < -0.3 is 0 Å². The second kappa shape index (κ2) is 2.07. The molecule has 0 atom stereocenters. The third-order valence-electron chi connectivity index (χ3n) is 0.193. The molecule has 0 N–H and O–H groups in total. The molecule has 0 bridgehead atoms. The standard InChI is InChI=1S/C2F4.Au/c3-1-2(4,5)6;. The second-order valence-electron chi connectivity index (χ2n) is 0.725. The van der Waals surface area contributed by atoms with Gasteiger partial charge in [0.1, 0.15) is 0 Å². The van der Waals surface area contributed by atoms with Gasteiger partial charge in [-0.2, -0.15) is 0 Å². The van der Waals surface area contributed by atoms with E-state index in [2.05, 4.69) is 0 Å². The number of alkyl halides is 3. The molecule has 0 nitrogen and oxygen atoms in total. The minimum absolute atomic E-state index is 0.744. The molecule has 0 saturated carbocycles. The van der Waals surface area contributed by atoms with Gasteiger partial charge in [0.05, 0.1) is 0 Å². The maximum atomic E-state index is 11.0. The van der Waals surface area contributed by atoms with Crippen molar-refractivity contribution in [1.82, 2.24) is 0 Å². The molecule has 0 amide bonds. The predicted octanol–water partition coefficient (Wildman–Crippen LogP) is 1.19. The van der Waals surface area contributed by atoms with Crippen LogP contribution in [-0.4, -0.2) is 10.2 Å². The van der Waals surface area contributed by atoms with E-state index in [0.717, 1.165) is 20.6 Å². The van der Waals surface area contributed by atoms with Crippen LogP contribution in [0.3, 0.4) is 0 Å². The van der Waals surface area contributed by atoms with Gasteiger partial charge in [0.15, 0.2) is 0 Å². The zero-order valence-electron chi connectivity index (χ0n) is 2.81. The van der Waals surface area contributed by atoms with E-state index in [1.807, 2.05) is 0 Å². The predicted molar refractivity (Wildman–Crippen MR) is 12.2 cm³/mol. The summed E-state index contributed by atoms with van der Waals surface area (Å²) in [6.07, 6.45) is -4.77. The summed E-state index contributed by atoms with van der Waals surface area (Å²) in [6.45, 7) is 0. The SMILES string of the molecule is F[C](=[Au])C(F)(F)F. The molecule has 0 heterocycles. The van der Waals surface area contributed by atoms with E-state index >= 15 is 0 Å². The van der Waals surface area contributed by atoms with Crippen LogP contribution in [-0.2, 0) is 20.6 Å². The first-order chi connectivity index (χ1) is 2.94. The third-order valence-corrected chi connectivity index (χ3v) is 0.807. The molecule has 0 saturated heterocycles. The number of hydrogen-bond donors (Lipinski definition) is 0. The first-order valence-corrected chi connectivity index (χ1v) is 2.24. The molecule has 7 heavy (non-hydrogen) atoms. The van der Waals surface area contributed by atoms with Gasteiger partial charge in [0.2, 0.25) is 0 Å². The van der Waals surface area contributed by atoms with Crippen LogP contribution in [0.1, 0.15) is 0 Å². The number of hydrogen-bond acceptors (Lipinski definition) is 0. The summed E-state index contributed by atoms with van der Waals surface area (Å²) in [7, 11) is 0. The molecule has 0 aromatic heterocycles. The van der Waals surface area contributed by atoms with Gasteiger partial charge in [0.25, 0.3) is 0 Å². The second-order valence-corrected chi connectivity index (χ2v) is 1.68. The van der Waals surface area contributed by atoms with Crippen molar-refractivity contribution in [1.29, 1.82) is 0 Å². The van der Waals surface area contributed by atoms with E-state index in [-0.39, 0.29) is 0 Å². The Labute approximate surface area is 48.9 Å². The molecule has 0 rings (SSSR count). The summed E-state index contributed by atoms with van der Waals surface area (Å²) in [5.74, 6) is 0. The molecule has 0 aliphatic heterocycles. The summed E-state index contributed by atoms with van der Waals surface area (Å²) in [5, 5.41) is 0. The van der Waals surface area contributed by atoms with Gasteiger partial charge in [-0.3, -0.25) is 0 Å².